The molecule has 0 aliphatic carbocycles. The monoisotopic (exact) mass is 287 g/mol. The Hall–Kier alpha value is -1.42. The van der Waals surface area contributed by atoms with Gasteiger partial charge < -0.3 is 4.90 Å². The average molecular weight is 287 g/mol. The first kappa shape index (κ1) is 13.6. The second kappa shape index (κ2) is 5.17. The third-order valence-corrected chi connectivity index (χ3v) is 5.30. The number of hydrogen-bond donors (Lipinski definition) is 0. The second-order valence-corrected chi connectivity index (χ2v) is 7.20. The van der Waals surface area contributed by atoms with Crippen molar-refractivity contribution < 1.29 is 0 Å². The van der Waals surface area contributed by atoms with Crippen molar-refractivity contribution in [1.82, 2.24) is 10.2 Å². The number of nitrogens with zero attached hydrogens (tertiary/aromatic N) is 3. The predicted octanol–water partition coefficient (Wildman–Crippen LogP) is 3.73. The summed E-state index contributed by atoms with van der Waals surface area (Å²) in [5.74, 6) is 0.553. The summed E-state index contributed by atoms with van der Waals surface area (Å²) in [7, 11) is 0. The molecule has 3 rings (SSSR count). The van der Waals surface area contributed by atoms with Gasteiger partial charge in [-0.05, 0) is 17.4 Å². The zero-order valence-corrected chi connectivity index (χ0v) is 13.2. The number of hydrogen-bond acceptors (Lipinski definition) is 4. The molecule has 0 amide bonds. The smallest absolute Gasteiger partial charge is 0.208 e. The van der Waals surface area contributed by atoms with Crippen LogP contribution in [0.2, 0.25) is 0 Å². The first-order chi connectivity index (χ1) is 9.60. The fraction of sp³-hybridized carbons (Fsp3) is 0.500. The van der Waals surface area contributed by atoms with Gasteiger partial charge in [0.2, 0.25) is 5.13 Å². The van der Waals surface area contributed by atoms with Crippen molar-refractivity contribution in [2.24, 2.45) is 5.41 Å². The molecule has 0 bridgehead atoms. The van der Waals surface area contributed by atoms with Crippen LogP contribution in [-0.4, -0.2) is 23.3 Å². The van der Waals surface area contributed by atoms with Gasteiger partial charge in [-0.25, -0.2) is 0 Å². The van der Waals surface area contributed by atoms with E-state index in [1.165, 1.54) is 5.56 Å². The average Bonchev–Trinajstić information content (AvgIpc) is 3.03. The fourth-order valence-corrected chi connectivity index (χ4v) is 3.82. The molecule has 2 aromatic rings. The van der Waals surface area contributed by atoms with E-state index in [4.69, 9.17) is 0 Å². The van der Waals surface area contributed by atoms with E-state index >= 15 is 0 Å². The number of anilines is 1. The number of benzene rings is 1. The summed E-state index contributed by atoms with van der Waals surface area (Å²) in [5.41, 5.74) is 1.69. The molecule has 4 heteroatoms. The van der Waals surface area contributed by atoms with Crippen molar-refractivity contribution in [2.45, 2.75) is 33.1 Å². The molecule has 1 aliphatic heterocycles. The lowest BCUT2D eigenvalue weighted by Crippen LogP contribution is -2.23. The van der Waals surface area contributed by atoms with E-state index in [0.717, 1.165) is 29.6 Å². The number of rotatable bonds is 3. The summed E-state index contributed by atoms with van der Waals surface area (Å²) in [4.78, 5) is 2.40. The van der Waals surface area contributed by atoms with Crippen LogP contribution < -0.4 is 4.90 Å². The summed E-state index contributed by atoms with van der Waals surface area (Å²) in [6, 6.07) is 10.8. The van der Waals surface area contributed by atoms with Crippen LogP contribution in [0.4, 0.5) is 5.13 Å². The lowest BCUT2D eigenvalue weighted by atomic mass is 9.78. The van der Waals surface area contributed by atoms with Crippen LogP contribution in [-0.2, 0) is 6.42 Å². The maximum atomic E-state index is 4.36. The van der Waals surface area contributed by atoms with Gasteiger partial charge in [0, 0.05) is 19.0 Å². The molecular weight excluding hydrogens is 266 g/mol. The molecule has 2 heterocycles. The number of aryl methyl sites for hydroxylation is 1. The lowest BCUT2D eigenvalue weighted by Gasteiger charge is -2.25. The van der Waals surface area contributed by atoms with Gasteiger partial charge in [-0.15, -0.1) is 10.2 Å². The largest absolute Gasteiger partial charge is 0.345 e. The Morgan fingerprint density at radius 2 is 2.00 bits per heavy atom. The van der Waals surface area contributed by atoms with E-state index in [2.05, 4.69) is 66.2 Å². The van der Waals surface area contributed by atoms with Crippen molar-refractivity contribution in [3.8, 4) is 0 Å². The predicted molar refractivity (Wildman–Crippen MR) is 84.5 cm³/mol. The van der Waals surface area contributed by atoms with Crippen LogP contribution in [0.1, 0.15) is 37.3 Å². The first-order valence-electron chi connectivity index (χ1n) is 7.22. The molecule has 1 atom stereocenters. The Kier molecular flexibility index (Phi) is 3.50. The molecular formula is C16H21N3S. The molecule has 1 saturated heterocycles. The van der Waals surface area contributed by atoms with Crippen LogP contribution in [0.15, 0.2) is 30.3 Å². The van der Waals surface area contributed by atoms with Crippen molar-refractivity contribution in [3.05, 3.63) is 40.9 Å². The third-order valence-electron chi connectivity index (χ3n) is 4.18. The Labute approximate surface area is 124 Å². The number of aromatic nitrogens is 2. The molecule has 0 unspecified atom stereocenters. The molecule has 1 fully saturated rings. The van der Waals surface area contributed by atoms with Crippen LogP contribution in [0, 0.1) is 5.41 Å². The van der Waals surface area contributed by atoms with Gasteiger partial charge in [0.25, 0.3) is 0 Å². The Morgan fingerprint density at radius 3 is 2.65 bits per heavy atom. The molecule has 20 heavy (non-hydrogen) atoms. The van der Waals surface area contributed by atoms with Crippen molar-refractivity contribution >= 4 is 16.5 Å². The maximum Gasteiger partial charge on any atom is 0.208 e. The molecule has 0 radical (unpaired) electrons. The van der Waals surface area contributed by atoms with E-state index in [1.54, 1.807) is 11.3 Å². The molecule has 106 valence electrons. The Bertz CT molecular complexity index is 576. The standard InChI is InChI=1S/C16H21N3S/c1-4-14-17-18-15(20-14)19-10-13(16(2,3)11-19)12-8-6-5-7-9-12/h5-9,13H,4,10-11H2,1-3H3/t13-/m1/s1. The van der Waals surface area contributed by atoms with Gasteiger partial charge >= 0.3 is 0 Å². The van der Waals surface area contributed by atoms with E-state index in [1.807, 2.05) is 0 Å². The Balaban J connectivity index is 1.85. The van der Waals surface area contributed by atoms with Crippen molar-refractivity contribution in [2.75, 3.05) is 18.0 Å². The van der Waals surface area contributed by atoms with Crippen molar-refractivity contribution in [3.63, 3.8) is 0 Å². The zero-order valence-electron chi connectivity index (χ0n) is 12.3. The van der Waals surface area contributed by atoms with Crippen LogP contribution in [0.25, 0.3) is 0 Å². The van der Waals surface area contributed by atoms with E-state index in [-0.39, 0.29) is 5.41 Å². The molecule has 1 aromatic carbocycles. The van der Waals surface area contributed by atoms with Crippen LogP contribution in [0.5, 0.6) is 0 Å². The van der Waals surface area contributed by atoms with Gasteiger partial charge in [-0.1, -0.05) is 62.4 Å². The molecule has 3 nitrogen and oxygen atoms in total. The van der Waals surface area contributed by atoms with Gasteiger partial charge in [0.05, 0.1) is 0 Å². The van der Waals surface area contributed by atoms with Gasteiger partial charge in [0.15, 0.2) is 0 Å². The maximum absolute atomic E-state index is 4.36. The lowest BCUT2D eigenvalue weighted by molar-refractivity contribution is 0.365. The first-order valence-corrected chi connectivity index (χ1v) is 8.04. The third kappa shape index (κ3) is 2.44. The van der Waals surface area contributed by atoms with Gasteiger partial charge in [0.1, 0.15) is 5.01 Å². The van der Waals surface area contributed by atoms with Crippen LogP contribution in [0.3, 0.4) is 0 Å². The van der Waals surface area contributed by atoms with Crippen molar-refractivity contribution in [1.29, 1.82) is 0 Å². The Morgan fingerprint density at radius 1 is 1.25 bits per heavy atom. The summed E-state index contributed by atoms with van der Waals surface area (Å²) in [6.45, 7) is 8.92. The molecule has 0 saturated carbocycles. The molecule has 1 aliphatic rings. The minimum atomic E-state index is 0.263. The zero-order chi connectivity index (χ0) is 14.2. The summed E-state index contributed by atoms with van der Waals surface area (Å²) in [5, 5.41) is 10.8. The summed E-state index contributed by atoms with van der Waals surface area (Å²) < 4.78 is 0. The van der Waals surface area contributed by atoms with E-state index in [9.17, 15) is 0 Å². The van der Waals surface area contributed by atoms with Gasteiger partial charge in [-0.3, -0.25) is 0 Å². The minimum Gasteiger partial charge on any atom is -0.345 e. The topological polar surface area (TPSA) is 29.0 Å². The van der Waals surface area contributed by atoms with Gasteiger partial charge in [-0.2, -0.15) is 0 Å². The highest BCUT2D eigenvalue weighted by Crippen LogP contribution is 2.44. The molecule has 1 aromatic heterocycles. The normalized spacial score (nSPS) is 21.4. The van der Waals surface area contributed by atoms with E-state index in [0.29, 0.717) is 5.92 Å². The fourth-order valence-electron chi connectivity index (χ4n) is 3.04. The summed E-state index contributed by atoms with van der Waals surface area (Å²) in [6.07, 6.45) is 0.969. The quantitative estimate of drug-likeness (QED) is 0.861. The SMILES string of the molecule is CCc1nnc(N2C[C@H](c3ccccc3)C(C)(C)C2)s1. The molecule has 0 N–H and O–H groups in total. The van der Waals surface area contributed by atoms with Crippen LogP contribution >= 0.6 is 11.3 Å². The highest BCUT2D eigenvalue weighted by molar-refractivity contribution is 7.15. The second-order valence-electron chi connectivity index (χ2n) is 6.16. The highest BCUT2D eigenvalue weighted by Gasteiger charge is 2.41. The molecule has 0 spiro atoms. The highest BCUT2D eigenvalue weighted by atomic mass is 32.1. The minimum absolute atomic E-state index is 0.263. The summed E-state index contributed by atoms with van der Waals surface area (Å²) >= 11 is 1.73. The van der Waals surface area contributed by atoms with E-state index < -0.39 is 0 Å².